The predicted molar refractivity (Wildman–Crippen MR) is 126 cm³/mol. The first-order valence-corrected chi connectivity index (χ1v) is 11.1. The minimum Gasteiger partial charge on any atom is -0.383 e. The molecule has 166 valence electrons. The maximum absolute atomic E-state index is 13.3. The summed E-state index contributed by atoms with van der Waals surface area (Å²) in [7, 11) is 0. The first-order chi connectivity index (χ1) is 15.6. The van der Waals surface area contributed by atoms with E-state index in [0.717, 1.165) is 22.4 Å². The van der Waals surface area contributed by atoms with Gasteiger partial charge in [0.25, 0.3) is 0 Å². The minimum atomic E-state index is -0.480. The number of rotatable bonds is 8. The van der Waals surface area contributed by atoms with Crippen molar-refractivity contribution in [1.29, 1.82) is 0 Å². The Balaban J connectivity index is 1.43. The molecule has 0 bridgehead atoms. The van der Waals surface area contributed by atoms with E-state index in [1.54, 1.807) is 12.1 Å². The van der Waals surface area contributed by atoms with Crippen molar-refractivity contribution in [3.63, 3.8) is 0 Å². The SMILES string of the molecule is O=C(NCCNc1ccccc1)C1(Cc2cccc(-c3ccc(F)cc3)c2)CCOCC1. The number of para-hydroxylation sites is 1. The molecule has 1 saturated heterocycles. The van der Waals surface area contributed by atoms with Crippen LogP contribution in [0.3, 0.4) is 0 Å². The molecular weight excluding hydrogens is 403 g/mol. The van der Waals surface area contributed by atoms with E-state index in [0.29, 0.717) is 45.6 Å². The topological polar surface area (TPSA) is 50.4 Å². The van der Waals surface area contributed by atoms with Crippen LogP contribution < -0.4 is 10.6 Å². The number of carbonyl (C=O) groups excluding carboxylic acids is 1. The lowest BCUT2D eigenvalue weighted by atomic mass is 9.74. The molecule has 0 spiro atoms. The van der Waals surface area contributed by atoms with Crippen LogP contribution in [0.2, 0.25) is 0 Å². The molecule has 1 aliphatic rings. The molecule has 0 aromatic heterocycles. The third-order valence-electron chi connectivity index (χ3n) is 6.09. The van der Waals surface area contributed by atoms with Crippen molar-refractivity contribution in [3.8, 4) is 11.1 Å². The molecule has 0 aliphatic carbocycles. The molecule has 32 heavy (non-hydrogen) atoms. The van der Waals surface area contributed by atoms with Crippen molar-refractivity contribution in [2.45, 2.75) is 19.3 Å². The van der Waals surface area contributed by atoms with Gasteiger partial charge in [0, 0.05) is 32.0 Å². The summed E-state index contributed by atoms with van der Waals surface area (Å²) in [6, 6.07) is 24.7. The summed E-state index contributed by atoms with van der Waals surface area (Å²) < 4.78 is 18.9. The summed E-state index contributed by atoms with van der Waals surface area (Å²) in [5.74, 6) is -0.160. The summed E-state index contributed by atoms with van der Waals surface area (Å²) in [6.07, 6.45) is 2.06. The van der Waals surface area contributed by atoms with Gasteiger partial charge in [-0.25, -0.2) is 4.39 Å². The van der Waals surface area contributed by atoms with Gasteiger partial charge >= 0.3 is 0 Å². The van der Waals surface area contributed by atoms with Gasteiger partial charge in [-0.2, -0.15) is 0 Å². The maximum Gasteiger partial charge on any atom is 0.226 e. The Morgan fingerprint density at radius 2 is 1.62 bits per heavy atom. The highest BCUT2D eigenvalue weighted by molar-refractivity contribution is 5.83. The fourth-order valence-electron chi connectivity index (χ4n) is 4.27. The number of hydrogen-bond acceptors (Lipinski definition) is 3. The van der Waals surface area contributed by atoms with E-state index in [-0.39, 0.29) is 11.7 Å². The van der Waals surface area contributed by atoms with Crippen molar-refractivity contribution in [2.75, 3.05) is 31.6 Å². The standard InChI is InChI=1S/C27H29FN2O2/c28-24-11-9-22(10-12-24)23-6-4-5-21(19-23)20-27(13-17-32-18-14-27)26(31)30-16-15-29-25-7-2-1-3-8-25/h1-12,19,29H,13-18,20H2,(H,30,31). The number of hydrogen-bond donors (Lipinski definition) is 2. The Morgan fingerprint density at radius 3 is 2.38 bits per heavy atom. The number of halogens is 1. The summed E-state index contributed by atoms with van der Waals surface area (Å²) in [6.45, 7) is 2.41. The van der Waals surface area contributed by atoms with Gasteiger partial charge in [-0.05, 0) is 60.2 Å². The van der Waals surface area contributed by atoms with Crippen molar-refractivity contribution < 1.29 is 13.9 Å². The van der Waals surface area contributed by atoms with Crippen LogP contribution in [0, 0.1) is 11.2 Å². The number of carbonyl (C=O) groups is 1. The summed E-state index contributed by atoms with van der Waals surface area (Å²) in [4.78, 5) is 13.3. The van der Waals surface area contributed by atoms with Crippen molar-refractivity contribution in [1.82, 2.24) is 5.32 Å². The number of ether oxygens (including phenoxy) is 1. The van der Waals surface area contributed by atoms with Crippen molar-refractivity contribution >= 4 is 11.6 Å². The average Bonchev–Trinajstić information content (AvgIpc) is 2.83. The van der Waals surface area contributed by atoms with Gasteiger partial charge in [-0.1, -0.05) is 54.6 Å². The van der Waals surface area contributed by atoms with Crippen LogP contribution in [0.25, 0.3) is 11.1 Å². The highest BCUT2D eigenvalue weighted by Crippen LogP contribution is 2.35. The molecule has 0 unspecified atom stereocenters. The zero-order chi connectivity index (χ0) is 22.2. The summed E-state index contributed by atoms with van der Waals surface area (Å²) >= 11 is 0. The van der Waals surface area contributed by atoms with Crippen molar-refractivity contribution in [3.05, 3.63) is 90.2 Å². The molecule has 4 nitrogen and oxygen atoms in total. The first-order valence-electron chi connectivity index (χ1n) is 11.1. The van der Waals surface area contributed by atoms with Crippen LogP contribution in [-0.2, 0) is 16.0 Å². The molecular formula is C27H29FN2O2. The van der Waals surface area contributed by atoms with E-state index < -0.39 is 5.41 Å². The van der Waals surface area contributed by atoms with E-state index in [4.69, 9.17) is 4.74 Å². The lowest BCUT2D eigenvalue weighted by Gasteiger charge is -2.36. The molecule has 4 rings (SSSR count). The van der Waals surface area contributed by atoms with Crippen LogP contribution in [0.4, 0.5) is 10.1 Å². The Hall–Kier alpha value is -3.18. The summed E-state index contributed by atoms with van der Waals surface area (Å²) in [5, 5.41) is 6.47. The zero-order valence-electron chi connectivity index (χ0n) is 18.1. The second kappa shape index (κ2) is 10.4. The van der Waals surface area contributed by atoms with Crippen LogP contribution in [0.1, 0.15) is 18.4 Å². The van der Waals surface area contributed by atoms with Gasteiger partial charge < -0.3 is 15.4 Å². The zero-order valence-corrected chi connectivity index (χ0v) is 18.1. The maximum atomic E-state index is 13.3. The fourth-order valence-corrected chi connectivity index (χ4v) is 4.27. The van der Waals surface area contributed by atoms with Gasteiger partial charge in [0.15, 0.2) is 0 Å². The first kappa shape index (κ1) is 22.0. The molecule has 1 fully saturated rings. The van der Waals surface area contributed by atoms with E-state index in [1.807, 2.05) is 42.5 Å². The summed E-state index contributed by atoms with van der Waals surface area (Å²) in [5.41, 5.74) is 3.65. The molecule has 2 N–H and O–H groups in total. The van der Waals surface area contributed by atoms with Gasteiger partial charge in [0.1, 0.15) is 5.82 Å². The van der Waals surface area contributed by atoms with Crippen molar-refractivity contribution in [2.24, 2.45) is 5.41 Å². The molecule has 0 radical (unpaired) electrons. The highest BCUT2D eigenvalue weighted by atomic mass is 19.1. The Morgan fingerprint density at radius 1 is 0.875 bits per heavy atom. The lowest BCUT2D eigenvalue weighted by Crippen LogP contribution is -2.47. The second-order valence-electron chi connectivity index (χ2n) is 8.33. The number of nitrogens with one attached hydrogen (secondary N) is 2. The average molecular weight is 433 g/mol. The number of benzene rings is 3. The van der Waals surface area contributed by atoms with Crippen LogP contribution in [0.15, 0.2) is 78.9 Å². The largest absolute Gasteiger partial charge is 0.383 e. The van der Waals surface area contributed by atoms with E-state index in [9.17, 15) is 9.18 Å². The number of anilines is 1. The minimum absolute atomic E-state index is 0.0860. The van der Waals surface area contributed by atoms with Crippen LogP contribution in [0.5, 0.6) is 0 Å². The normalized spacial score (nSPS) is 15.2. The third kappa shape index (κ3) is 5.54. The van der Waals surface area contributed by atoms with E-state index in [2.05, 4.69) is 22.8 Å². The van der Waals surface area contributed by atoms with Crippen LogP contribution >= 0.6 is 0 Å². The smallest absolute Gasteiger partial charge is 0.226 e. The van der Waals surface area contributed by atoms with Gasteiger partial charge in [0.05, 0.1) is 5.41 Å². The molecule has 0 saturated carbocycles. The molecule has 0 atom stereocenters. The predicted octanol–water partition coefficient (Wildman–Crippen LogP) is 5.06. The molecule has 1 amide bonds. The second-order valence-corrected chi connectivity index (χ2v) is 8.33. The van der Waals surface area contributed by atoms with Gasteiger partial charge in [-0.15, -0.1) is 0 Å². The molecule has 1 aliphatic heterocycles. The highest BCUT2D eigenvalue weighted by Gasteiger charge is 2.39. The Kier molecular flexibility index (Phi) is 7.17. The van der Waals surface area contributed by atoms with Crippen LogP contribution in [-0.4, -0.2) is 32.2 Å². The quantitative estimate of drug-likeness (QED) is 0.489. The lowest BCUT2D eigenvalue weighted by molar-refractivity contribution is -0.136. The van der Waals surface area contributed by atoms with E-state index >= 15 is 0 Å². The van der Waals surface area contributed by atoms with E-state index in [1.165, 1.54) is 12.1 Å². The van der Waals surface area contributed by atoms with Gasteiger partial charge in [0.2, 0.25) is 5.91 Å². The van der Waals surface area contributed by atoms with Gasteiger partial charge in [-0.3, -0.25) is 4.79 Å². The number of amides is 1. The fraction of sp³-hybridized carbons (Fsp3) is 0.296. The molecule has 1 heterocycles. The Labute approximate surface area is 188 Å². The Bertz CT molecular complexity index is 1020. The molecule has 3 aromatic carbocycles. The molecule has 3 aromatic rings. The third-order valence-corrected chi connectivity index (χ3v) is 6.09. The molecule has 5 heteroatoms. The monoisotopic (exact) mass is 432 g/mol.